The minimum absolute atomic E-state index is 0.189. The quantitative estimate of drug-likeness (QED) is 0.911. The molecule has 0 aliphatic carbocycles. The molecule has 2 aromatic rings. The number of hydrogen-bond acceptors (Lipinski definition) is 4. The van der Waals surface area contributed by atoms with Gasteiger partial charge in [0.05, 0.1) is 18.8 Å². The van der Waals surface area contributed by atoms with Gasteiger partial charge in [-0.05, 0) is 36.7 Å². The van der Waals surface area contributed by atoms with E-state index in [4.69, 9.17) is 4.74 Å². The van der Waals surface area contributed by atoms with E-state index in [0.717, 1.165) is 23.4 Å². The van der Waals surface area contributed by atoms with Crippen LogP contribution in [0.3, 0.4) is 0 Å². The van der Waals surface area contributed by atoms with E-state index in [9.17, 15) is 4.39 Å². The second-order valence-corrected chi connectivity index (χ2v) is 4.54. The Kier molecular flexibility index (Phi) is 4.63. The van der Waals surface area contributed by atoms with Crippen LogP contribution in [0.25, 0.3) is 0 Å². The Hall–Kier alpha value is -2.01. The highest BCUT2D eigenvalue weighted by molar-refractivity contribution is 5.32. The molecule has 0 spiro atoms. The Labute approximate surface area is 118 Å². The molecule has 0 saturated carbocycles. The monoisotopic (exact) mass is 275 g/mol. The summed E-state index contributed by atoms with van der Waals surface area (Å²) in [6.07, 6.45) is 1.45. The predicted octanol–water partition coefficient (Wildman–Crippen LogP) is 2.63. The average Bonchev–Trinajstić information content (AvgIpc) is 2.43. The summed E-state index contributed by atoms with van der Waals surface area (Å²) in [6.45, 7) is 4.61. The number of halogens is 1. The van der Waals surface area contributed by atoms with E-state index in [1.807, 2.05) is 19.9 Å². The van der Waals surface area contributed by atoms with Gasteiger partial charge in [0.25, 0.3) is 0 Å². The Balaban J connectivity index is 2.43. The molecule has 0 bridgehead atoms. The number of nitrogens with zero attached hydrogens (tertiary/aromatic N) is 2. The topological polar surface area (TPSA) is 47.0 Å². The second-order valence-electron chi connectivity index (χ2n) is 4.54. The van der Waals surface area contributed by atoms with E-state index in [2.05, 4.69) is 15.3 Å². The first-order valence-corrected chi connectivity index (χ1v) is 6.50. The van der Waals surface area contributed by atoms with E-state index >= 15 is 0 Å². The van der Waals surface area contributed by atoms with Gasteiger partial charge in [-0.2, -0.15) is 0 Å². The summed E-state index contributed by atoms with van der Waals surface area (Å²) < 4.78 is 18.7. The lowest BCUT2D eigenvalue weighted by atomic mass is 10.0. The molecule has 0 saturated heterocycles. The maximum atomic E-state index is 13.6. The molecule has 1 heterocycles. The summed E-state index contributed by atoms with van der Waals surface area (Å²) in [7, 11) is 1.56. The summed E-state index contributed by atoms with van der Waals surface area (Å²) in [6, 6.07) is 6.55. The van der Waals surface area contributed by atoms with E-state index in [0.29, 0.717) is 5.88 Å². The van der Waals surface area contributed by atoms with Crippen molar-refractivity contribution in [2.45, 2.75) is 19.9 Å². The SMILES string of the molecule is CCNC(c1cc(C)cc(F)c1)c1cc(OC)ncn1. The maximum absolute atomic E-state index is 13.6. The van der Waals surface area contributed by atoms with Crippen LogP contribution in [-0.4, -0.2) is 23.6 Å². The number of nitrogens with one attached hydrogen (secondary N) is 1. The van der Waals surface area contributed by atoms with Gasteiger partial charge in [0.1, 0.15) is 12.1 Å². The molecule has 1 N–H and O–H groups in total. The fourth-order valence-electron chi connectivity index (χ4n) is 2.15. The van der Waals surface area contributed by atoms with Crippen LogP contribution in [0.15, 0.2) is 30.6 Å². The van der Waals surface area contributed by atoms with Crippen LogP contribution in [0.2, 0.25) is 0 Å². The lowest BCUT2D eigenvalue weighted by molar-refractivity contribution is 0.395. The van der Waals surface area contributed by atoms with E-state index in [1.165, 1.54) is 18.5 Å². The van der Waals surface area contributed by atoms with Crippen LogP contribution in [0.5, 0.6) is 5.88 Å². The zero-order chi connectivity index (χ0) is 14.5. The van der Waals surface area contributed by atoms with Gasteiger partial charge in [0.15, 0.2) is 0 Å². The van der Waals surface area contributed by atoms with Gasteiger partial charge in [0.2, 0.25) is 5.88 Å². The van der Waals surface area contributed by atoms with Crippen molar-refractivity contribution in [1.82, 2.24) is 15.3 Å². The Morgan fingerprint density at radius 1 is 1.25 bits per heavy atom. The molecular weight excluding hydrogens is 257 g/mol. The molecule has 0 radical (unpaired) electrons. The van der Waals surface area contributed by atoms with Gasteiger partial charge in [0, 0.05) is 6.07 Å². The molecule has 2 rings (SSSR count). The lowest BCUT2D eigenvalue weighted by Crippen LogP contribution is -2.23. The van der Waals surface area contributed by atoms with Crippen molar-refractivity contribution in [1.29, 1.82) is 0 Å². The molecule has 0 aliphatic rings. The van der Waals surface area contributed by atoms with Crippen molar-refractivity contribution >= 4 is 0 Å². The van der Waals surface area contributed by atoms with Crippen LogP contribution >= 0.6 is 0 Å². The van der Waals surface area contributed by atoms with Crippen LogP contribution < -0.4 is 10.1 Å². The third kappa shape index (κ3) is 3.30. The summed E-state index contributed by atoms with van der Waals surface area (Å²) in [4.78, 5) is 8.26. The maximum Gasteiger partial charge on any atom is 0.216 e. The van der Waals surface area contributed by atoms with E-state index in [1.54, 1.807) is 13.2 Å². The molecule has 0 aliphatic heterocycles. The standard InChI is InChI=1S/C15H18FN3O/c1-4-17-15(11-5-10(2)6-12(16)7-11)13-8-14(20-3)19-9-18-13/h5-9,15,17H,4H2,1-3H3. The van der Waals surface area contributed by atoms with Gasteiger partial charge in [-0.1, -0.05) is 13.0 Å². The smallest absolute Gasteiger partial charge is 0.216 e. The number of methoxy groups -OCH3 is 1. The van der Waals surface area contributed by atoms with Crippen molar-refractivity contribution in [2.24, 2.45) is 0 Å². The number of aryl methyl sites for hydroxylation is 1. The third-order valence-corrected chi connectivity index (χ3v) is 2.97. The molecular formula is C15H18FN3O. The highest BCUT2D eigenvalue weighted by Crippen LogP contribution is 2.24. The van der Waals surface area contributed by atoms with E-state index in [-0.39, 0.29) is 11.9 Å². The average molecular weight is 275 g/mol. The zero-order valence-corrected chi connectivity index (χ0v) is 11.9. The van der Waals surface area contributed by atoms with Gasteiger partial charge in [-0.15, -0.1) is 0 Å². The third-order valence-electron chi connectivity index (χ3n) is 2.97. The minimum atomic E-state index is -0.246. The highest BCUT2D eigenvalue weighted by atomic mass is 19.1. The van der Waals surface area contributed by atoms with E-state index < -0.39 is 0 Å². The fourth-order valence-corrected chi connectivity index (χ4v) is 2.15. The fraction of sp³-hybridized carbons (Fsp3) is 0.333. The number of hydrogen-bond donors (Lipinski definition) is 1. The summed E-state index contributed by atoms with van der Waals surface area (Å²) >= 11 is 0. The molecule has 1 atom stereocenters. The highest BCUT2D eigenvalue weighted by Gasteiger charge is 2.16. The van der Waals surface area contributed by atoms with Gasteiger partial charge >= 0.3 is 0 Å². The van der Waals surface area contributed by atoms with Crippen molar-refractivity contribution < 1.29 is 9.13 Å². The second kappa shape index (κ2) is 6.43. The van der Waals surface area contributed by atoms with Gasteiger partial charge in [-0.3, -0.25) is 0 Å². The molecule has 1 aromatic heterocycles. The number of ether oxygens (including phenoxy) is 1. The van der Waals surface area contributed by atoms with Crippen molar-refractivity contribution in [3.05, 3.63) is 53.2 Å². The first-order chi connectivity index (χ1) is 9.63. The van der Waals surface area contributed by atoms with Crippen molar-refractivity contribution in [2.75, 3.05) is 13.7 Å². The molecule has 1 unspecified atom stereocenters. The van der Waals surface area contributed by atoms with Crippen LogP contribution in [0.4, 0.5) is 4.39 Å². The molecule has 5 heteroatoms. The largest absolute Gasteiger partial charge is 0.481 e. The minimum Gasteiger partial charge on any atom is -0.481 e. The Morgan fingerprint density at radius 2 is 2.05 bits per heavy atom. The summed E-state index contributed by atoms with van der Waals surface area (Å²) in [5.41, 5.74) is 2.47. The summed E-state index contributed by atoms with van der Waals surface area (Å²) in [5, 5.41) is 3.31. The number of aromatic nitrogens is 2. The lowest BCUT2D eigenvalue weighted by Gasteiger charge is -2.18. The van der Waals surface area contributed by atoms with Gasteiger partial charge in [-0.25, -0.2) is 14.4 Å². The number of rotatable bonds is 5. The normalized spacial score (nSPS) is 12.2. The molecule has 0 fully saturated rings. The predicted molar refractivity (Wildman–Crippen MR) is 75.2 cm³/mol. The van der Waals surface area contributed by atoms with Gasteiger partial charge < -0.3 is 10.1 Å². The zero-order valence-electron chi connectivity index (χ0n) is 11.9. The number of benzene rings is 1. The van der Waals surface area contributed by atoms with Crippen LogP contribution in [0, 0.1) is 12.7 Å². The molecule has 20 heavy (non-hydrogen) atoms. The van der Waals surface area contributed by atoms with Crippen molar-refractivity contribution in [3.63, 3.8) is 0 Å². The molecule has 0 amide bonds. The molecule has 1 aromatic carbocycles. The molecule has 106 valence electrons. The Morgan fingerprint density at radius 3 is 2.70 bits per heavy atom. The summed E-state index contributed by atoms with van der Waals surface area (Å²) in [5.74, 6) is 0.245. The van der Waals surface area contributed by atoms with Crippen LogP contribution in [-0.2, 0) is 0 Å². The first-order valence-electron chi connectivity index (χ1n) is 6.50. The first kappa shape index (κ1) is 14.4. The Bertz CT molecular complexity index is 569. The van der Waals surface area contributed by atoms with Crippen molar-refractivity contribution in [3.8, 4) is 5.88 Å². The van der Waals surface area contributed by atoms with Crippen LogP contribution in [0.1, 0.15) is 29.8 Å². The molecule has 4 nitrogen and oxygen atoms in total.